The highest BCUT2D eigenvalue weighted by Gasteiger charge is 2.36. The van der Waals surface area contributed by atoms with E-state index in [9.17, 15) is 13.2 Å². The third-order valence-electron chi connectivity index (χ3n) is 6.27. The lowest BCUT2D eigenvalue weighted by atomic mass is 9.79. The van der Waals surface area contributed by atoms with E-state index in [1.54, 1.807) is 0 Å². The van der Waals surface area contributed by atoms with Crippen LogP contribution >= 0.6 is 11.8 Å². The van der Waals surface area contributed by atoms with Gasteiger partial charge in [-0.1, -0.05) is 43.2 Å². The second-order valence-corrected chi connectivity index (χ2v) is 10.9. The Bertz CT molecular complexity index is 1120. The van der Waals surface area contributed by atoms with Gasteiger partial charge in [0, 0.05) is 29.0 Å². The number of sulfonamides is 1. The molecule has 0 atom stereocenters. The summed E-state index contributed by atoms with van der Waals surface area (Å²) in [5.74, 6) is -0.0830. The maximum absolute atomic E-state index is 12.9. The van der Waals surface area contributed by atoms with Crippen LogP contribution in [0, 0.1) is 0 Å². The van der Waals surface area contributed by atoms with E-state index in [4.69, 9.17) is 0 Å². The minimum atomic E-state index is -3.39. The maximum Gasteiger partial charge on any atom is 0.257 e. The normalized spacial score (nSPS) is 20.9. The van der Waals surface area contributed by atoms with E-state index in [0.29, 0.717) is 23.8 Å². The number of carbonyl (C=O) groups excluding carboxylic acids is 1. The van der Waals surface area contributed by atoms with Crippen LogP contribution in [0.2, 0.25) is 0 Å². The summed E-state index contributed by atoms with van der Waals surface area (Å²) >= 11 is 1.31. The van der Waals surface area contributed by atoms with Gasteiger partial charge in [-0.2, -0.15) is 0 Å². The molecule has 5 rings (SSSR count). The number of nitrogens with zero attached hydrogens (tertiary/aromatic N) is 2. The van der Waals surface area contributed by atoms with Gasteiger partial charge < -0.3 is 10.2 Å². The third-order valence-corrected chi connectivity index (χ3v) is 8.58. The molecule has 0 saturated heterocycles. The molecule has 1 N–H and O–H groups in total. The van der Waals surface area contributed by atoms with Crippen LogP contribution < -0.4 is 10.2 Å². The molecule has 2 aliphatic heterocycles. The summed E-state index contributed by atoms with van der Waals surface area (Å²) in [5, 5.41) is 3.63. The number of amidine groups is 1. The van der Waals surface area contributed by atoms with Crippen LogP contribution in [-0.2, 0) is 15.4 Å². The van der Waals surface area contributed by atoms with Gasteiger partial charge in [0.2, 0.25) is 0 Å². The molecule has 2 aromatic carbocycles. The number of nitrogens with one attached hydrogen (secondary N) is 1. The molecule has 2 aromatic rings. The first kappa shape index (κ1) is 19.6. The van der Waals surface area contributed by atoms with Crippen LogP contribution in [0.15, 0.2) is 57.8 Å². The fourth-order valence-corrected chi connectivity index (χ4v) is 6.93. The Morgan fingerprint density at radius 2 is 1.90 bits per heavy atom. The van der Waals surface area contributed by atoms with Crippen molar-refractivity contribution in [2.45, 2.75) is 36.0 Å². The minimum absolute atomic E-state index is 0.00609. The lowest BCUT2D eigenvalue weighted by molar-refractivity contribution is 0.0943. The number of benzene rings is 2. The van der Waals surface area contributed by atoms with Crippen molar-refractivity contribution in [3.05, 3.63) is 59.7 Å². The second kappa shape index (κ2) is 7.42. The molecule has 0 bridgehead atoms. The van der Waals surface area contributed by atoms with Gasteiger partial charge in [-0.25, -0.2) is 8.42 Å². The lowest BCUT2D eigenvalue weighted by Gasteiger charge is -2.30. The highest BCUT2D eigenvalue weighted by molar-refractivity contribution is 8.15. The van der Waals surface area contributed by atoms with Crippen molar-refractivity contribution < 1.29 is 13.2 Å². The number of amides is 1. The quantitative estimate of drug-likeness (QED) is 0.785. The smallest absolute Gasteiger partial charge is 0.257 e. The Morgan fingerprint density at radius 3 is 2.67 bits per heavy atom. The van der Waals surface area contributed by atoms with E-state index in [0.717, 1.165) is 23.4 Å². The number of carbonyl (C=O) groups is 1. The first-order chi connectivity index (χ1) is 14.5. The van der Waals surface area contributed by atoms with Crippen molar-refractivity contribution in [2.24, 2.45) is 4.40 Å². The Morgan fingerprint density at radius 1 is 1.13 bits per heavy atom. The third kappa shape index (κ3) is 3.52. The van der Waals surface area contributed by atoms with E-state index in [2.05, 4.69) is 34.0 Å². The highest BCUT2D eigenvalue weighted by Crippen LogP contribution is 2.43. The van der Waals surface area contributed by atoms with E-state index < -0.39 is 10.0 Å². The number of fused-ring (bicyclic) bond motifs is 3. The summed E-state index contributed by atoms with van der Waals surface area (Å²) in [7, 11) is -3.39. The van der Waals surface area contributed by atoms with Gasteiger partial charge in [-0.05, 0) is 48.4 Å². The first-order valence-electron chi connectivity index (χ1n) is 10.2. The van der Waals surface area contributed by atoms with E-state index in [-0.39, 0.29) is 17.1 Å². The molecule has 8 heteroatoms. The predicted molar refractivity (Wildman–Crippen MR) is 120 cm³/mol. The average molecular weight is 442 g/mol. The molecule has 1 amide bonds. The number of hydrogen-bond donors (Lipinski definition) is 1. The van der Waals surface area contributed by atoms with Crippen molar-refractivity contribution in [2.75, 3.05) is 23.7 Å². The molecule has 156 valence electrons. The van der Waals surface area contributed by atoms with Crippen LogP contribution in [0.25, 0.3) is 0 Å². The van der Waals surface area contributed by atoms with Crippen molar-refractivity contribution >= 4 is 38.5 Å². The van der Waals surface area contributed by atoms with Crippen molar-refractivity contribution in [1.82, 2.24) is 5.32 Å². The van der Waals surface area contributed by atoms with Gasteiger partial charge >= 0.3 is 0 Å². The predicted octanol–water partition coefficient (Wildman–Crippen LogP) is 3.54. The van der Waals surface area contributed by atoms with Crippen LogP contribution in [0.4, 0.5) is 5.69 Å². The molecule has 0 radical (unpaired) electrons. The summed E-state index contributed by atoms with van der Waals surface area (Å²) in [4.78, 5) is 15.7. The molecule has 0 unspecified atom stereocenters. The maximum atomic E-state index is 12.9. The number of anilines is 1. The fraction of sp³-hybridized carbons (Fsp3) is 0.364. The zero-order valence-corrected chi connectivity index (χ0v) is 18.1. The zero-order chi connectivity index (χ0) is 20.8. The number of rotatable bonds is 4. The Kier molecular flexibility index (Phi) is 4.86. The standard InChI is InChI=1S/C22H23N3O3S2/c26-20(23-15-22(10-4-5-11-22)17-6-2-1-3-7-17)16-8-9-18-19(14-16)29-21-24-30(27,28)13-12-25(18)21/h1-3,6-9,14H,4-5,10-13,15H2,(H,23,26). The summed E-state index contributed by atoms with van der Waals surface area (Å²) in [6.07, 6.45) is 4.53. The molecule has 1 fully saturated rings. The van der Waals surface area contributed by atoms with E-state index in [1.807, 2.05) is 29.2 Å². The topological polar surface area (TPSA) is 78.8 Å². The summed E-state index contributed by atoms with van der Waals surface area (Å²) in [5.41, 5.74) is 2.81. The van der Waals surface area contributed by atoms with Crippen LogP contribution in [0.3, 0.4) is 0 Å². The van der Waals surface area contributed by atoms with Crippen molar-refractivity contribution in [3.8, 4) is 0 Å². The molecule has 0 spiro atoms. The number of thioether (sulfide) groups is 1. The van der Waals surface area contributed by atoms with Gasteiger partial charge in [0.1, 0.15) is 0 Å². The van der Waals surface area contributed by atoms with E-state index in [1.165, 1.54) is 30.2 Å². The average Bonchev–Trinajstić information content (AvgIpc) is 3.36. The van der Waals surface area contributed by atoms with Gasteiger partial charge in [0.25, 0.3) is 15.9 Å². The molecular weight excluding hydrogens is 418 g/mol. The SMILES string of the molecule is O=C(NCC1(c2ccccc2)CCCC1)c1ccc2c(c1)SC1=NS(=O)(=O)CCN12. The van der Waals surface area contributed by atoms with Gasteiger partial charge in [0.15, 0.2) is 5.17 Å². The van der Waals surface area contributed by atoms with E-state index >= 15 is 0 Å². The molecule has 6 nitrogen and oxygen atoms in total. The van der Waals surface area contributed by atoms with Crippen LogP contribution in [-0.4, -0.2) is 38.3 Å². The van der Waals surface area contributed by atoms with Gasteiger partial charge in [0.05, 0.1) is 11.4 Å². The summed E-state index contributed by atoms with van der Waals surface area (Å²) < 4.78 is 27.4. The molecule has 1 saturated carbocycles. The zero-order valence-electron chi connectivity index (χ0n) is 16.5. The minimum Gasteiger partial charge on any atom is -0.351 e. The Balaban J connectivity index is 1.34. The molecule has 0 aromatic heterocycles. The Labute approximate surface area is 180 Å². The Hall–Kier alpha value is -2.32. The largest absolute Gasteiger partial charge is 0.351 e. The lowest BCUT2D eigenvalue weighted by Crippen LogP contribution is -2.39. The fourth-order valence-electron chi connectivity index (χ4n) is 4.63. The second-order valence-electron chi connectivity index (χ2n) is 8.13. The number of hydrogen-bond acceptors (Lipinski definition) is 5. The van der Waals surface area contributed by atoms with Crippen LogP contribution in [0.1, 0.15) is 41.6 Å². The monoisotopic (exact) mass is 441 g/mol. The van der Waals surface area contributed by atoms with Crippen molar-refractivity contribution in [1.29, 1.82) is 0 Å². The van der Waals surface area contributed by atoms with Crippen molar-refractivity contribution in [3.63, 3.8) is 0 Å². The molecular formula is C22H23N3O3S2. The first-order valence-corrected chi connectivity index (χ1v) is 12.6. The molecule has 3 aliphatic rings. The van der Waals surface area contributed by atoms with Gasteiger partial charge in [-0.3, -0.25) is 4.79 Å². The molecule has 1 aliphatic carbocycles. The highest BCUT2D eigenvalue weighted by atomic mass is 32.2. The summed E-state index contributed by atoms with van der Waals surface area (Å²) in [6.45, 7) is 1.02. The summed E-state index contributed by atoms with van der Waals surface area (Å²) in [6, 6.07) is 16.0. The van der Waals surface area contributed by atoms with Crippen LogP contribution in [0.5, 0.6) is 0 Å². The molecule has 30 heavy (non-hydrogen) atoms. The van der Waals surface area contributed by atoms with Gasteiger partial charge in [-0.15, -0.1) is 4.40 Å². The molecule has 2 heterocycles.